The maximum Gasteiger partial charge on any atom is 0.222 e. The van der Waals surface area contributed by atoms with Crippen LogP contribution in [0, 0.1) is 5.92 Å². The molecule has 0 amide bonds. The standard InChI is InChI=1S/C11H17ClN4O/c12-8-6-15-11(13)16-10(8)14-5-7-3-1-2-4-9(7)17/h6-7,9,17H,1-5H2,(H3,13,14,15,16). The van der Waals surface area contributed by atoms with E-state index in [1.165, 1.54) is 12.6 Å². The van der Waals surface area contributed by atoms with Crippen molar-refractivity contribution in [2.24, 2.45) is 5.92 Å². The molecule has 1 aliphatic carbocycles. The summed E-state index contributed by atoms with van der Waals surface area (Å²) in [6.07, 6.45) is 5.44. The number of nitrogens with one attached hydrogen (secondary N) is 1. The van der Waals surface area contributed by atoms with E-state index in [4.69, 9.17) is 17.3 Å². The third-order valence-corrected chi connectivity index (χ3v) is 3.44. The van der Waals surface area contributed by atoms with Gasteiger partial charge in [0.1, 0.15) is 10.8 Å². The summed E-state index contributed by atoms with van der Waals surface area (Å²) in [7, 11) is 0. The summed E-state index contributed by atoms with van der Waals surface area (Å²) in [5.41, 5.74) is 5.49. The molecule has 1 heterocycles. The van der Waals surface area contributed by atoms with E-state index in [0.717, 1.165) is 19.3 Å². The number of rotatable bonds is 3. The first kappa shape index (κ1) is 12.4. The Hall–Kier alpha value is -1.07. The summed E-state index contributed by atoms with van der Waals surface area (Å²) in [4.78, 5) is 7.82. The second-order valence-corrected chi connectivity index (χ2v) is 4.82. The van der Waals surface area contributed by atoms with Crippen molar-refractivity contribution in [3.05, 3.63) is 11.2 Å². The summed E-state index contributed by atoms with van der Waals surface area (Å²) in [6.45, 7) is 0.664. The van der Waals surface area contributed by atoms with E-state index in [9.17, 15) is 5.11 Å². The van der Waals surface area contributed by atoms with E-state index in [2.05, 4.69) is 15.3 Å². The average molecular weight is 257 g/mol. The minimum atomic E-state index is -0.228. The molecule has 1 aromatic rings. The van der Waals surface area contributed by atoms with E-state index in [0.29, 0.717) is 17.4 Å². The highest BCUT2D eigenvalue weighted by atomic mass is 35.5. The van der Waals surface area contributed by atoms with Crippen LogP contribution < -0.4 is 11.1 Å². The van der Waals surface area contributed by atoms with Gasteiger partial charge in [0.2, 0.25) is 5.95 Å². The molecule has 1 aromatic heterocycles. The molecule has 94 valence electrons. The molecule has 0 spiro atoms. The van der Waals surface area contributed by atoms with Gasteiger partial charge in [-0.05, 0) is 12.8 Å². The number of anilines is 2. The normalized spacial score (nSPS) is 24.6. The molecule has 2 atom stereocenters. The van der Waals surface area contributed by atoms with Crippen LogP contribution in [0.3, 0.4) is 0 Å². The molecule has 0 radical (unpaired) electrons. The van der Waals surface area contributed by atoms with Crippen molar-refractivity contribution in [3.63, 3.8) is 0 Å². The summed E-state index contributed by atoms with van der Waals surface area (Å²) in [6, 6.07) is 0. The lowest BCUT2D eigenvalue weighted by molar-refractivity contribution is 0.0763. The number of aromatic nitrogens is 2. The van der Waals surface area contributed by atoms with Crippen molar-refractivity contribution in [3.8, 4) is 0 Å². The minimum absolute atomic E-state index is 0.195. The summed E-state index contributed by atoms with van der Waals surface area (Å²) in [5, 5.41) is 13.4. The maximum absolute atomic E-state index is 9.84. The predicted octanol–water partition coefficient (Wildman–Crippen LogP) is 1.68. The SMILES string of the molecule is Nc1ncc(Cl)c(NCC2CCCCC2O)n1. The van der Waals surface area contributed by atoms with Crippen LogP contribution in [0.5, 0.6) is 0 Å². The van der Waals surface area contributed by atoms with E-state index in [1.807, 2.05) is 0 Å². The number of aliphatic hydroxyl groups is 1. The first-order chi connectivity index (χ1) is 8.16. The molecule has 0 aliphatic heterocycles. The Kier molecular flexibility index (Phi) is 4.02. The average Bonchev–Trinajstić information content (AvgIpc) is 2.32. The lowest BCUT2D eigenvalue weighted by Crippen LogP contribution is -2.30. The van der Waals surface area contributed by atoms with Crippen LogP contribution in [-0.2, 0) is 0 Å². The Balaban J connectivity index is 1.94. The van der Waals surface area contributed by atoms with Crippen LogP contribution in [0.4, 0.5) is 11.8 Å². The zero-order valence-corrected chi connectivity index (χ0v) is 10.3. The van der Waals surface area contributed by atoms with Gasteiger partial charge in [0.05, 0.1) is 12.3 Å². The van der Waals surface area contributed by atoms with Crippen LogP contribution in [0.15, 0.2) is 6.20 Å². The van der Waals surface area contributed by atoms with Crippen molar-refractivity contribution >= 4 is 23.4 Å². The summed E-state index contributed by atoms with van der Waals surface area (Å²) >= 11 is 5.94. The first-order valence-electron chi connectivity index (χ1n) is 5.87. The van der Waals surface area contributed by atoms with Crippen molar-refractivity contribution < 1.29 is 5.11 Å². The van der Waals surface area contributed by atoms with Gasteiger partial charge in [-0.1, -0.05) is 24.4 Å². The van der Waals surface area contributed by atoms with E-state index in [-0.39, 0.29) is 18.0 Å². The second-order valence-electron chi connectivity index (χ2n) is 4.42. The number of aliphatic hydroxyl groups excluding tert-OH is 1. The van der Waals surface area contributed by atoms with Gasteiger partial charge in [0.15, 0.2) is 0 Å². The van der Waals surface area contributed by atoms with Crippen molar-refractivity contribution in [2.75, 3.05) is 17.6 Å². The number of halogens is 1. The Morgan fingerprint density at radius 2 is 2.24 bits per heavy atom. The van der Waals surface area contributed by atoms with Gasteiger partial charge in [-0.15, -0.1) is 0 Å². The summed E-state index contributed by atoms with van der Waals surface area (Å²) < 4.78 is 0. The molecule has 1 fully saturated rings. The Morgan fingerprint density at radius 1 is 1.47 bits per heavy atom. The molecule has 1 saturated carbocycles. The molecule has 4 N–H and O–H groups in total. The lowest BCUT2D eigenvalue weighted by Gasteiger charge is -2.27. The predicted molar refractivity (Wildman–Crippen MR) is 67.9 cm³/mol. The van der Waals surface area contributed by atoms with E-state index in [1.54, 1.807) is 0 Å². The van der Waals surface area contributed by atoms with Gasteiger partial charge in [0, 0.05) is 12.5 Å². The maximum atomic E-state index is 9.84. The van der Waals surface area contributed by atoms with Crippen LogP contribution in [0.2, 0.25) is 5.02 Å². The van der Waals surface area contributed by atoms with Crippen molar-refractivity contribution in [1.29, 1.82) is 0 Å². The van der Waals surface area contributed by atoms with Crippen LogP contribution >= 0.6 is 11.6 Å². The van der Waals surface area contributed by atoms with Crippen LogP contribution in [-0.4, -0.2) is 27.7 Å². The minimum Gasteiger partial charge on any atom is -0.393 e. The molecule has 0 saturated heterocycles. The van der Waals surface area contributed by atoms with Gasteiger partial charge in [-0.3, -0.25) is 0 Å². The van der Waals surface area contributed by atoms with E-state index < -0.39 is 0 Å². The van der Waals surface area contributed by atoms with Gasteiger partial charge in [-0.25, -0.2) is 4.98 Å². The number of nitrogens with zero attached hydrogens (tertiary/aromatic N) is 2. The van der Waals surface area contributed by atoms with Gasteiger partial charge in [0.25, 0.3) is 0 Å². The number of hydrogen-bond acceptors (Lipinski definition) is 5. The molecule has 17 heavy (non-hydrogen) atoms. The van der Waals surface area contributed by atoms with E-state index >= 15 is 0 Å². The lowest BCUT2D eigenvalue weighted by atomic mass is 9.86. The highest BCUT2D eigenvalue weighted by Gasteiger charge is 2.22. The van der Waals surface area contributed by atoms with Crippen molar-refractivity contribution in [2.45, 2.75) is 31.8 Å². The molecular formula is C11H17ClN4O. The van der Waals surface area contributed by atoms with Gasteiger partial charge < -0.3 is 16.2 Å². The topological polar surface area (TPSA) is 84.1 Å². The smallest absolute Gasteiger partial charge is 0.222 e. The molecule has 2 unspecified atom stereocenters. The highest BCUT2D eigenvalue weighted by Crippen LogP contribution is 2.25. The second kappa shape index (κ2) is 5.51. The molecule has 2 rings (SSSR count). The summed E-state index contributed by atoms with van der Waals surface area (Å²) in [5.74, 6) is 0.994. The Labute approximate surface area is 105 Å². The molecule has 1 aliphatic rings. The fraction of sp³-hybridized carbons (Fsp3) is 0.636. The molecule has 5 nitrogen and oxygen atoms in total. The fourth-order valence-corrected chi connectivity index (χ4v) is 2.32. The van der Waals surface area contributed by atoms with Crippen LogP contribution in [0.1, 0.15) is 25.7 Å². The van der Waals surface area contributed by atoms with Gasteiger partial charge >= 0.3 is 0 Å². The zero-order chi connectivity index (χ0) is 12.3. The Morgan fingerprint density at radius 3 is 3.00 bits per heavy atom. The third kappa shape index (κ3) is 3.20. The van der Waals surface area contributed by atoms with Gasteiger partial charge in [-0.2, -0.15) is 4.98 Å². The Bertz CT molecular complexity index is 388. The first-order valence-corrected chi connectivity index (χ1v) is 6.24. The molecular weight excluding hydrogens is 240 g/mol. The third-order valence-electron chi connectivity index (χ3n) is 3.16. The number of nitrogen functional groups attached to an aromatic ring is 1. The van der Waals surface area contributed by atoms with Crippen LogP contribution in [0.25, 0.3) is 0 Å². The fourth-order valence-electron chi connectivity index (χ4n) is 2.16. The molecule has 0 bridgehead atoms. The molecule has 6 heteroatoms. The zero-order valence-electron chi connectivity index (χ0n) is 9.56. The number of hydrogen-bond donors (Lipinski definition) is 3. The highest BCUT2D eigenvalue weighted by molar-refractivity contribution is 6.32. The largest absolute Gasteiger partial charge is 0.393 e. The quantitative estimate of drug-likeness (QED) is 0.766. The monoisotopic (exact) mass is 256 g/mol. The number of nitrogens with two attached hydrogens (primary N) is 1. The molecule has 0 aromatic carbocycles. The van der Waals surface area contributed by atoms with Crippen molar-refractivity contribution in [1.82, 2.24) is 9.97 Å².